The predicted octanol–water partition coefficient (Wildman–Crippen LogP) is 3.14. The number of rotatable bonds is 3. The third-order valence-corrected chi connectivity index (χ3v) is 4.97. The average molecular weight is 347 g/mol. The summed E-state index contributed by atoms with van der Waals surface area (Å²) in [5.74, 6) is 0.172. The van der Waals surface area contributed by atoms with Gasteiger partial charge in [0, 0.05) is 43.0 Å². The van der Waals surface area contributed by atoms with E-state index in [0.29, 0.717) is 12.1 Å². The number of likely N-dealkylation sites (tertiary alicyclic amines) is 1. The number of hydrogen-bond donors (Lipinski definition) is 1. The minimum atomic E-state index is 0.00638. The third kappa shape index (κ3) is 3.18. The number of nitrogens with zero attached hydrogens (tertiary/aromatic N) is 3. The van der Waals surface area contributed by atoms with Crippen LogP contribution in [0.2, 0.25) is 0 Å². The van der Waals surface area contributed by atoms with Crippen LogP contribution in [0, 0.1) is 5.92 Å². The first-order valence-corrected chi connectivity index (χ1v) is 8.96. The molecule has 0 aliphatic carbocycles. The Balaban J connectivity index is 1.79. The molecule has 1 amide bonds. The van der Waals surface area contributed by atoms with E-state index in [0.717, 1.165) is 41.5 Å². The van der Waals surface area contributed by atoms with Gasteiger partial charge in [-0.3, -0.25) is 9.78 Å². The maximum absolute atomic E-state index is 13.3. The van der Waals surface area contributed by atoms with Crippen molar-refractivity contribution in [3.63, 3.8) is 0 Å². The monoisotopic (exact) mass is 347 g/mol. The number of para-hydroxylation sites is 1. The lowest BCUT2D eigenvalue weighted by molar-refractivity contribution is 0.0622. The van der Waals surface area contributed by atoms with Gasteiger partial charge in [0.25, 0.3) is 5.91 Å². The van der Waals surface area contributed by atoms with Crippen molar-refractivity contribution < 1.29 is 9.90 Å². The van der Waals surface area contributed by atoms with E-state index in [1.54, 1.807) is 12.4 Å². The molecule has 2 aromatic heterocycles. The first kappa shape index (κ1) is 16.7. The molecule has 1 aliphatic heterocycles. The Kier molecular flexibility index (Phi) is 4.63. The van der Waals surface area contributed by atoms with Crippen molar-refractivity contribution in [2.75, 3.05) is 19.7 Å². The highest BCUT2D eigenvalue weighted by Crippen LogP contribution is 2.27. The van der Waals surface area contributed by atoms with Crippen LogP contribution in [0.1, 0.15) is 23.2 Å². The molecule has 4 rings (SSSR count). The van der Waals surface area contributed by atoms with Crippen molar-refractivity contribution >= 4 is 16.8 Å². The second kappa shape index (κ2) is 7.22. The number of amides is 1. The Hall–Kier alpha value is -2.79. The summed E-state index contributed by atoms with van der Waals surface area (Å²) in [7, 11) is 0. The van der Waals surface area contributed by atoms with Gasteiger partial charge < -0.3 is 10.0 Å². The predicted molar refractivity (Wildman–Crippen MR) is 101 cm³/mol. The molecule has 0 saturated carbocycles. The van der Waals surface area contributed by atoms with Crippen molar-refractivity contribution in [3.8, 4) is 11.3 Å². The standard InChI is InChI=1S/C21H21N3O2/c25-14-15-5-4-10-24(13-15)21(26)18-11-20(16-6-3-9-22-12-16)23-19-8-2-1-7-17(18)19/h1-3,6-9,11-12,15,25H,4-5,10,13-14H2. The number of fused-ring (bicyclic) bond motifs is 1. The summed E-state index contributed by atoms with van der Waals surface area (Å²) in [6, 6.07) is 13.4. The highest BCUT2D eigenvalue weighted by Gasteiger charge is 2.25. The van der Waals surface area contributed by atoms with Crippen molar-refractivity contribution in [3.05, 3.63) is 60.4 Å². The lowest BCUT2D eigenvalue weighted by Gasteiger charge is -2.32. The van der Waals surface area contributed by atoms with Crippen molar-refractivity contribution in [2.24, 2.45) is 5.92 Å². The van der Waals surface area contributed by atoms with Crippen LogP contribution in [0.25, 0.3) is 22.2 Å². The highest BCUT2D eigenvalue weighted by atomic mass is 16.3. The molecule has 0 spiro atoms. The molecule has 0 radical (unpaired) electrons. The fourth-order valence-corrected chi connectivity index (χ4v) is 3.58. The van der Waals surface area contributed by atoms with Crippen LogP contribution in [0.4, 0.5) is 0 Å². The molecule has 1 aromatic carbocycles. The molecule has 1 N–H and O–H groups in total. The number of aliphatic hydroxyl groups excluding tert-OH is 1. The van der Waals surface area contributed by atoms with Crippen molar-refractivity contribution in [1.29, 1.82) is 0 Å². The molecule has 1 fully saturated rings. The SMILES string of the molecule is O=C(c1cc(-c2cccnc2)nc2ccccc12)N1CCCC(CO)C1. The van der Waals surface area contributed by atoms with Crippen LogP contribution in [0.3, 0.4) is 0 Å². The zero-order valence-electron chi connectivity index (χ0n) is 14.5. The van der Waals surface area contributed by atoms with E-state index < -0.39 is 0 Å². The van der Waals surface area contributed by atoms with Crippen LogP contribution in [0.5, 0.6) is 0 Å². The maximum atomic E-state index is 13.3. The molecule has 1 aliphatic rings. The minimum absolute atomic E-state index is 0.00638. The Bertz CT molecular complexity index is 927. The molecule has 0 bridgehead atoms. The van der Waals surface area contributed by atoms with Crippen molar-refractivity contribution in [2.45, 2.75) is 12.8 Å². The van der Waals surface area contributed by atoms with Crippen LogP contribution in [-0.2, 0) is 0 Å². The molecule has 132 valence electrons. The number of aromatic nitrogens is 2. The summed E-state index contributed by atoms with van der Waals surface area (Å²) in [6.45, 7) is 1.46. The lowest BCUT2D eigenvalue weighted by Crippen LogP contribution is -2.41. The molecule has 5 heteroatoms. The highest BCUT2D eigenvalue weighted by molar-refractivity contribution is 6.07. The van der Waals surface area contributed by atoms with E-state index in [9.17, 15) is 9.90 Å². The van der Waals surface area contributed by atoms with Crippen LogP contribution < -0.4 is 0 Å². The van der Waals surface area contributed by atoms with E-state index in [1.807, 2.05) is 47.4 Å². The van der Waals surface area contributed by atoms with Gasteiger partial charge in [0.15, 0.2) is 0 Å². The fraction of sp³-hybridized carbons (Fsp3) is 0.286. The molecule has 1 atom stereocenters. The molecule has 5 nitrogen and oxygen atoms in total. The average Bonchev–Trinajstić information content (AvgIpc) is 2.73. The van der Waals surface area contributed by atoms with Gasteiger partial charge >= 0.3 is 0 Å². The number of piperidine rings is 1. The summed E-state index contributed by atoms with van der Waals surface area (Å²) in [5.41, 5.74) is 3.09. The number of carbonyl (C=O) groups is 1. The van der Waals surface area contributed by atoms with Gasteiger partial charge in [-0.1, -0.05) is 18.2 Å². The molecule has 1 unspecified atom stereocenters. The summed E-state index contributed by atoms with van der Waals surface area (Å²) < 4.78 is 0. The number of benzene rings is 1. The third-order valence-electron chi connectivity index (χ3n) is 4.97. The van der Waals surface area contributed by atoms with E-state index in [4.69, 9.17) is 4.98 Å². The number of pyridine rings is 2. The first-order valence-electron chi connectivity index (χ1n) is 8.96. The van der Waals surface area contributed by atoms with Crippen LogP contribution in [0.15, 0.2) is 54.9 Å². The zero-order chi connectivity index (χ0) is 17.9. The minimum Gasteiger partial charge on any atom is -0.396 e. The van der Waals surface area contributed by atoms with Crippen LogP contribution in [-0.4, -0.2) is 45.6 Å². The molecule has 26 heavy (non-hydrogen) atoms. The topological polar surface area (TPSA) is 66.3 Å². The number of aliphatic hydroxyl groups is 1. The molecular weight excluding hydrogens is 326 g/mol. The van der Waals surface area contributed by atoms with E-state index in [-0.39, 0.29) is 18.4 Å². The largest absolute Gasteiger partial charge is 0.396 e. The smallest absolute Gasteiger partial charge is 0.254 e. The fourth-order valence-electron chi connectivity index (χ4n) is 3.58. The normalized spacial score (nSPS) is 17.4. The second-order valence-electron chi connectivity index (χ2n) is 6.76. The quantitative estimate of drug-likeness (QED) is 0.790. The van der Waals surface area contributed by atoms with Gasteiger partial charge in [-0.25, -0.2) is 4.98 Å². The summed E-state index contributed by atoms with van der Waals surface area (Å²) in [4.78, 5) is 24.0. The van der Waals surface area contributed by atoms with E-state index in [1.165, 1.54) is 0 Å². The zero-order valence-corrected chi connectivity index (χ0v) is 14.5. The maximum Gasteiger partial charge on any atom is 0.254 e. The van der Waals surface area contributed by atoms with E-state index >= 15 is 0 Å². The summed E-state index contributed by atoms with van der Waals surface area (Å²) in [5, 5.41) is 10.3. The Labute approximate surface area is 152 Å². The Morgan fingerprint density at radius 2 is 2.12 bits per heavy atom. The summed E-state index contributed by atoms with van der Waals surface area (Å²) in [6.07, 6.45) is 5.38. The molecule has 1 saturated heterocycles. The number of hydrogen-bond acceptors (Lipinski definition) is 4. The van der Waals surface area contributed by atoms with Gasteiger partial charge in [-0.15, -0.1) is 0 Å². The van der Waals surface area contributed by atoms with Gasteiger partial charge in [0.05, 0.1) is 16.8 Å². The lowest BCUT2D eigenvalue weighted by atomic mass is 9.97. The van der Waals surface area contributed by atoms with E-state index in [2.05, 4.69) is 4.98 Å². The second-order valence-corrected chi connectivity index (χ2v) is 6.76. The summed E-state index contributed by atoms with van der Waals surface area (Å²) >= 11 is 0. The van der Waals surface area contributed by atoms with Gasteiger partial charge in [0.2, 0.25) is 0 Å². The molecule has 3 heterocycles. The van der Waals surface area contributed by atoms with Gasteiger partial charge in [-0.2, -0.15) is 0 Å². The molecular formula is C21H21N3O2. The van der Waals surface area contributed by atoms with Gasteiger partial charge in [-0.05, 0) is 43.0 Å². The Morgan fingerprint density at radius 3 is 2.92 bits per heavy atom. The first-order chi connectivity index (χ1) is 12.8. The van der Waals surface area contributed by atoms with Crippen LogP contribution >= 0.6 is 0 Å². The van der Waals surface area contributed by atoms with Crippen molar-refractivity contribution in [1.82, 2.24) is 14.9 Å². The molecule has 3 aromatic rings. The number of carbonyl (C=O) groups excluding carboxylic acids is 1. The van der Waals surface area contributed by atoms with Gasteiger partial charge in [0.1, 0.15) is 0 Å². The Morgan fingerprint density at radius 1 is 1.23 bits per heavy atom.